The number of nitrogens with one attached hydrogen (secondary N) is 2. The van der Waals surface area contributed by atoms with Crippen molar-refractivity contribution >= 4 is 5.91 Å². The van der Waals surface area contributed by atoms with Gasteiger partial charge in [-0.25, -0.2) is 4.39 Å². The summed E-state index contributed by atoms with van der Waals surface area (Å²) in [5.74, 6) is -0.536. The molecule has 0 aliphatic carbocycles. The number of carbonyl (C=O) groups is 1. The molecule has 0 fully saturated rings. The maximum atomic E-state index is 13.7. The van der Waals surface area contributed by atoms with Crippen molar-refractivity contribution in [3.05, 3.63) is 95.8 Å². The van der Waals surface area contributed by atoms with E-state index in [1.807, 2.05) is 24.3 Å². The number of rotatable bonds is 9. The highest BCUT2D eigenvalue weighted by molar-refractivity contribution is 5.83. The van der Waals surface area contributed by atoms with E-state index in [9.17, 15) is 9.18 Å². The number of halogens is 1. The SMILES string of the molecule is O=C(NCCc1cccnc1)C(NCCc1ccncc1)c1cccc(F)c1. The normalized spacial score (nSPS) is 11.8. The highest BCUT2D eigenvalue weighted by Crippen LogP contribution is 2.15. The lowest BCUT2D eigenvalue weighted by Gasteiger charge is -2.19. The van der Waals surface area contributed by atoms with Crippen molar-refractivity contribution in [2.24, 2.45) is 0 Å². The Hall–Kier alpha value is -3.12. The van der Waals surface area contributed by atoms with Crippen LogP contribution in [0, 0.1) is 5.82 Å². The van der Waals surface area contributed by atoms with Crippen molar-refractivity contribution in [1.29, 1.82) is 0 Å². The van der Waals surface area contributed by atoms with Gasteiger partial charge in [-0.3, -0.25) is 14.8 Å². The van der Waals surface area contributed by atoms with Gasteiger partial charge in [0.05, 0.1) is 0 Å². The second-order valence-electron chi connectivity index (χ2n) is 6.45. The summed E-state index contributed by atoms with van der Waals surface area (Å²) in [6.07, 6.45) is 8.41. The Kier molecular flexibility index (Phi) is 7.21. The fourth-order valence-electron chi connectivity index (χ4n) is 2.94. The summed E-state index contributed by atoms with van der Waals surface area (Å²) in [5.41, 5.74) is 2.78. The average molecular weight is 378 g/mol. The predicted molar refractivity (Wildman–Crippen MR) is 106 cm³/mol. The van der Waals surface area contributed by atoms with Crippen molar-refractivity contribution < 1.29 is 9.18 Å². The predicted octanol–water partition coefficient (Wildman–Crippen LogP) is 2.85. The molecule has 0 aliphatic rings. The van der Waals surface area contributed by atoms with Crippen molar-refractivity contribution in [2.75, 3.05) is 13.1 Å². The molecular weight excluding hydrogens is 355 g/mol. The Morgan fingerprint density at radius 3 is 2.50 bits per heavy atom. The molecule has 0 spiro atoms. The van der Waals surface area contributed by atoms with E-state index in [-0.39, 0.29) is 11.7 Å². The highest BCUT2D eigenvalue weighted by atomic mass is 19.1. The number of hydrogen-bond donors (Lipinski definition) is 2. The van der Waals surface area contributed by atoms with E-state index in [0.717, 1.165) is 17.5 Å². The first-order valence-corrected chi connectivity index (χ1v) is 9.27. The number of benzene rings is 1. The summed E-state index contributed by atoms with van der Waals surface area (Å²) in [6, 6.07) is 13.2. The Morgan fingerprint density at radius 1 is 0.929 bits per heavy atom. The molecule has 1 atom stereocenters. The topological polar surface area (TPSA) is 66.9 Å². The van der Waals surface area contributed by atoms with Gasteiger partial charge in [-0.1, -0.05) is 18.2 Å². The summed E-state index contributed by atoms with van der Waals surface area (Å²) in [6.45, 7) is 1.07. The van der Waals surface area contributed by atoms with E-state index in [0.29, 0.717) is 25.1 Å². The van der Waals surface area contributed by atoms with Gasteiger partial charge < -0.3 is 10.6 Å². The lowest BCUT2D eigenvalue weighted by Crippen LogP contribution is -2.39. The number of nitrogens with zero attached hydrogens (tertiary/aromatic N) is 2. The van der Waals surface area contributed by atoms with E-state index >= 15 is 0 Å². The number of amides is 1. The molecule has 1 unspecified atom stereocenters. The van der Waals surface area contributed by atoms with Crippen LogP contribution < -0.4 is 10.6 Å². The summed E-state index contributed by atoms with van der Waals surface area (Å²) < 4.78 is 13.7. The van der Waals surface area contributed by atoms with Gasteiger partial charge in [-0.05, 0) is 59.9 Å². The smallest absolute Gasteiger partial charge is 0.241 e. The second kappa shape index (κ2) is 10.3. The number of aromatic nitrogens is 2. The van der Waals surface area contributed by atoms with E-state index in [2.05, 4.69) is 20.6 Å². The van der Waals surface area contributed by atoms with E-state index in [1.165, 1.54) is 12.1 Å². The Balaban J connectivity index is 1.60. The molecule has 5 nitrogen and oxygen atoms in total. The molecule has 0 radical (unpaired) electrons. The Morgan fingerprint density at radius 2 is 1.75 bits per heavy atom. The van der Waals surface area contributed by atoms with Crippen molar-refractivity contribution in [3.63, 3.8) is 0 Å². The van der Waals surface area contributed by atoms with Gasteiger partial charge in [-0.15, -0.1) is 0 Å². The van der Waals surface area contributed by atoms with Crippen LogP contribution in [0.1, 0.15) is 22.7 Å². The average Bonchev–Trinajstić information content (AvgIpc) is 2.72. The molecule has 1 amide bonds. The van der Waals surface area contributed by atoms with Gasteiger partial charge in [0.15, 0.2) is 0 Å². The van der Waals surface area contributed by atoms with Crippen LogP contribution in [0.2, 0.25) is 0 Å². The molecule has 144 valence electrons. The van der Waals surface area contributed by atoms with Crippen LogP contribution >= 0.6 is 0 Å². The van der Waals surface area contributed by atoms with Crippen molar-refractivity contribution in [2.45, 2.75) is 18.9 Å². The van der Waals surface area contributed by atoms with Crippen LogP contribution in [-0.2, 0) is 17.6 Å². The lowest BCUT2D eigenvalue weighted by atomic mass is 10.0. The summed E-state index contributed by atoms with van der Waals surface area (Å²) >= 11 is 0. The minimum absolute atomic E-state index is 0.177. The second-order valence-corrected chi connectivity index (χ2v) is 6.45. The molecule has 3 rings (SSSR count). The van der Waals surface area contributed by atoms with Gasteiger partial charge in [-0.2, -0.15) is 0 Å². The first-order valence-electron chi connectivity index (χ1n) is 9.27. The van der Waals surface area contributed by atoms with Gasteiger partial charge in [0.1, 0.15) is 11.9 Å². The number of carbonyl (C=O) groups excluding carboxylic acids is 1. The van der Waals surface area contributed by atoms with Crippen LogP contribution in [0.4, 0.5) is 4.39 Å². The van der Waals surface area contributed by atoms with Crippen LogP contribution in [0.3, 0.4) is 0 Å². The quantitative estimate of drug-likeness (QED) is 0.601. The fourth-order valence-corrected chi connectivity index (χ4v) is 2.94. The maximum absolute atomic E-state index is 13.7. The zero-order valence-corrected chi connectivity index (χ0v) is 15.5. The summed E-state index contributed by atoms with van der Waals surface area (Å²) in [4.78, 5) is 20.8. The minimum Gasteiger partial charge on any atom is -0.354 e. The van der Waals surface area contributed by atoms with Crippen LogP contribution in [0.15, 0.2) is 73.3 Å². The molecule has 2 aromatic heterocycles. The fraction of sp³-hybridized carbons (Fsp3) is 0.227. The third kappa shape index (κ3) is 5.96. The Bertz CT molecular complexity index is 874. The van der Waals surface area contributed by atoms with Gasteiger partial charge in [0, 0.05) is 37.9 Å². The van der Waals surface area contributed by atoms with E-state index < -0.39 is 6.04 Å². The van der Waals surface area contributed by atoms with Gasteiger partial charge in [0.25, 0.3) is 0 Å². The molecular formula is C22H23FN4O. The molecule has 2 N–H and O–H groups in total. The zero-order valence-electron chi connectivity index (χ0n) is 15.5. The summed E-state index contributed by atoms with van der Waals surface area (Å²) in [5, 5.41) is 6.18. The molecule has 0 saturated carbocycles. The van der Waals surface area contributed by atoms with Crippen molar-refractivity contribution in [3.8, 4) is 0 Å². The minimum atomic E-state index is -0.619. The standard InChI is InChI=1S/C22H23FN4O/c23-20-5-1-4-19(15-20)21(26-13-8-17-6-11-24-12-7-17)22(28)27-14-9-18-3-2-10-25-16-18/h1-7,10-12,15-16,21,26H,8-9,13-14H2,(H,27,28). The van der Waals surface area contributed by atoms with Crippen LogP contribution in [0.5, 0.6) is 0 Å². The molecule has 3 aromatic rings. The third-order valence-corrected chi connectivity index (χ3v) is 4.39. The van der Waals surface area contributed by atoms with Crippen LogP contribution in [0.25, 0.3) is 0 Å². The molecule has 0 saturated heterocycles. The van der Waals surface area contributed by atoms with E-state index in [1.54, 1.807) is 36.9 Å². The first-order chi connectivity index (χ1) is 13.7. The number of hydrogen-bond acceptors (Lipinski definition) is 4. The highest BCUT2D eigenvalue weighted by Gasteiger charge is 2.20. The molecule has 6 heteroatoms. The summed E-state index contributed by atoms with van der Waals surface area (Å²) in [7, 11) is 0. The lowest BCUT2D eigenvalue weighted by molar-refractivity contribution is -0.123. The van der Waals surface area contributed by atoms with Crippen molar-refractivity contribution in [1.82, 2.24) is 20.6 Å². The number of pyridine rings is 2. The third-order valence-electron chi connectivity index (χ3n) is 4.39. The zero-order chi connectivity index (χ0) is 19.6. The maximum Gasteiger partial charge on any atom is 0.241 e. The van der Waals surface area contributed by atoms with Crippen LogP contribution in [-0.4, -0.2) is 29.0 Å². The van der Waals surface area contributed by atoms with Gasteiger partial charge in [0.2, 0.25) is 5.91 Å². The molecule has 1 aromatic carbocycles. The molecule has 28 heavy (non-hydrogen) atoms. The molecule has 0 aliphatic heterocycles. The monoisotopic (exact) mass is 378 g/mol. The first kappa shape index (κ1) is 19.6. The largest absolute Gasteiger partial charge is 0.354 e. The van der Waals surface area contributed by atoms with Gasteiger partial charge >= 0.3 is 0 Å². The van der Waals surface area contributed by atoms with E-state index in [4.69, 9.17) is 0 Å². The molecule has 0 bridgehead atoms. The Labute approximate surface area is 164 Å². The molecule has 2 heterocycles.